The fourth-order valence-corrected chi connectivity index (χ4v) is 5.27. The van der Waals surface area contributed by atoms with E-state index in [2.05, 4.69) is 4.98 Å². The topological polar surface area (TPSA) is 79.7 Å². The first-order valence-corrected chi connectivity index (χ1v) is 11.7. The number of ketones is 1. The molecule has 0 spiro atoms. The quantitative estimate of drug-likeness (QED) is 0.227. The number of hydrogen-bond acceptors (Lipinski definition) is 6. The number of rotatable bonds is 4. The van der Waals surface area contributed by atoms with Gasteiger partial charge in [-0.2, -0.15) is 0 Å². The molecule has 1 N–H and O–H groups in total. The third-order valence-electron chi connectivity index (χ3n) is 6.07. The number of thiazole rings is 1. The minimum Gasteiger partial charge on any atom is -0.507 e. The van der Waals surface area contributed by atoms with E-state index in [1.807, 2.05) is 26.0 Å². The molecule has 176 valence electrons. The van der Waals surface area contributed by atoms with Crippen molar-refractivity contribution in [3.05, 3.63) is 94.3 Å². The zero-order chi connectivity index (χ0) is 24.9. The fraction of sp³-hybridized carbons (Fsp3) is 0.148. The molecule has 8 heteroatoms. The number of hydrogen-bond donors (Lipinski definition) is 1. The average Bonchev–Trinajstić information content (AvgIpc) is 3.38. The van der Waals surface area contributed by atoms with Gasteiger partial charge in [-0.3, -0.25) is 14.5 Å². The van der Waals surface area contributed by atoms with Gasteiger partial charge < -0.3 is 9.84 Å². The van der Waals surface area contributed by atoms with Crippen molar-refractivity contribution in [2.75, 3.05) is 12.0 Å². The molecule has 4 aromatic rings. The molecule has 1 fully saturated rings. The Bertz CT molecular complexity index is 1520. The molecule has 1 aliphatic rings. The minimum atomic E-state index is -0.974. The Balaban J connectivity index is 1.74. The Morgan fingerprint density at radius 1 is 1.06 bits per heavy atom. The predicted molar refractivity (Wildman–Crippen MR) is 133 cm³/mol. The molecule has 1 saturated heterocycles. The number of aromatic nitrogens is 1. The van der Waals surface area contributed by atoms with Crippen molar-refractivity contribution in [3.63, 3.8) is 0 Å². The Kier molecular flexibility index (Phi) is 5.61. The van der Waals surface area contributed by atoms with Crippen LogP contribution in [0.4, 0.5) is 9.52 Å². The van der Waals surface area contributed by atoms with Crippen LogP contribution in [0.3, 0.4) is 0 Å². The van der Waals surface area contributed by atoms with Crippen LogP contribution in [0.5, 0.6) is 5.75 Å². The average molecular weight is 489 g/mol. The summed E-state index contributed by atoms with van der Waals surface area (Å²) < 4.78 is 19.8. The molecule has 2 heterocycles. The number of methoxy groups -OCH3 is 1. The molecule has 1 aromatic heterocycles. The van der Waals surface area contributed by atoms with Crippen LogP contribution >= 0.6 is 11.3 Å². The first-order valence-electron chi connectivity index (χ1n) is 10.9. The lowest BCUT2D eigenvalue weighted by molar-refractivity contribution is -0.132. The van der Waals surface area contributed by atoms with E-state index in [-0.39, 0.29) is 11.3 Å². The second-order valence-corrected chi connectivity index (χ2v) is 9.38. The molecule has 5 rings (SSSR count). The van der Waals surface area contributed by atoms with Crippen LogP contribution in [-0.4, -0.2) is 28.9 Å². The number of ether oxygens (including phenoxy) is 1. The Morgan fingerprint density at radius 2 is 1.80 bits per heavy atom. The van der Waals surface area contributed by atoms with Gasteiger partial charge in [-0.25, -0.2) is 9.37 Å². The maximum Gasteiger partial charge on any atom is 0.301 e. The molecule has 0 radical (unpaired) electrons. The van der Waals surface area contributed by atoms with Gasteiger partial charge in [-0.1, -0.05) is 41.2 Å². The maximum atomic E-state index is 13.7. The van der Waals surface area contributed by atoms with E-state index in [4.69, 9.17) is 4.74 Å². The third kappa shape index (κ3) is 3.85. The summed E-state index contributed by atoms with van der Waals surface area (Å²) in [5.41, 5.74) is 3.17. The molecule has 0 aliphatic carbocycles. The van der Waals surface area contributed by atoms with E-state index in [0.717, 1.165) is 15.8 Å². The summed E-state index contributed by atoms with van der Waals surface area (Å²) in [6, 6.07) is 15.4. The number of benzene rings is 3. The van der Waals surface area contributed by atoms with E-state index in [1.54, 1.807) is 31.4 Å². The van der Waals surface area contributed by atoms with E-state index in [9.17, 15) is 19.1 Å². The summed E-state index contributed by atoms with van der Waals surface area (Å²) >= 11 is 1.23. The highest BCUT2D eigenvalue weighted by atomic mass is 32.1. The summed E-state index contributed by atoms with van der Waals surface area (Å²) in [6.07, 6.45) is 0. The Hall–Kier alpha value is -4.04. The maximum absolute atomic E-state index is 13.7. The molecular formula is C27H21FN2O4S. The summed E-state index contributed by atoms with van der Waals surface area (Å²) in [5.74, 6) is -1.72. The molecule has 1 aliphatic heterocycles. The molecular weight excluding hydrogens is 467 g/mol. The SMILES string of the molecule is COc1ccc2nc(N3C(=O)C(=O)C(=C(O)c4cc(C)ccc4C)C3c3ccc(F)cc3)sc2c1. The lowest BCUT2D eigenvalue weighted by Crippen LogP contribution is -2.29. The number of halogens is 1. The molecule has 1 atom stereocenters. The van der Waals surface area contributed by atoms with Gasteiger partial charge in [-0.15, -0.1) is 0 Å². The molecule has 0 bridgehead atoms. The van der Waals surface area contributed by atoms with Gasteiger partial charge in [0.05, 0.1) is 28.9 Å². The second-order valence-electron chi connectivity index (χ2n) is 8.37. The van der Waals surface area contributed by atoms with E-state index in [1.165, 1.54) is 40.5 Å². The minimum absolute atomic E-state index is 0.0628. The van der Waals surface area contributed by atoms with E-state index in [0.29, 0.717) is 27.5 Å². The van der Waals surface area contributed by atoms with Crippen molar-refractivity contribution >= 4 is 44.1 Å². The first-order chi connectivity index (χ1) is 16.8. The lowest BCUT2D eigenvalue weighted by atomic mass is 9.93. The Morgan fingerprint density at radius 3 is 2.51 bits per heavy atom. The smallest absolute Gasteiger partial charge is 0.301 e. The molecule has 1 amide bonds. The molecule has 3 aromatic carbocycles. The number of aryl methyl sites for hydroxylation is 2. The molecule has 0 saturated carbocycles. The van der Waals surface area contributed by atoms with Crippen LogP contribution < -0.4 is 9.64 Å². The van der Waals surface area contributed by atoms with Crippen molar-refractivity contribution in [2.45, 2.75) is 19.9 Å². The van der Waals surface area contributed by atoms with Gasteiger partial charge in [0.15, 0.2) is 5.13 Å². The highest BCUT2D eigenvalue weighted by molar-refractivity contribution is 7.22. The second kappa shape index (κ2) is 8.63. The molecule has 6 nitrogen and oxygen atoms in total. The normalized spacial score (nSPS) is 17.4. The number of aliphatic hydroxyl groups is 1. The monoisotopic (exact) mass is 488 g/mol. The number of fused-ring (bicyclic) bond motifs is 1. The highest BCUT2D eigenvalue weighted by Crippen LogP contribution is 2.45. The van der Waals surface area contributed by atoms with Crippen molar-refractivity contribution in [2.24, 2.45) is 0 Å². The van der Waals surface area contributed by atoms with Crippen molar-refractivity contribution < 1.29 is 23.8 Å². The van der Waals surface area contributed by atoms with E-state index < -0.39 is 23.5 Å². The number of aliphatic hydroxyl groups excluding tert-OH is 1. The van der Waals surface area contributed by atoms with Crippen molar-refractivity contribution in [1.29, 1.82) is 0 Å². The lowest BCUT2D eigenvalue weighted by Gasteiger charge is -2.23. The summed E-state index contributed by atoms with van der Waals surface area (Å²) in [7, 11) is 1.56. The zero-order valence-corrected chi connectivity index (χ0v) is 20.0. The fourth-order valence-electron chi connectivity index (χ4n) is 4.25. The van der Waals surface area contributed by atoms with Gasteiger partial charge in [0.1, 0.15) is 17.3 Å². The van der Waals surface area contributed by atoms with Gasteiger partial charge >= 0.3 is 5.91 Å². The van der Waals surface area contributed by atoms with Crippen LogP contribution in [0.25, 0.3) is 16.0 Å². The zero-order valence-electron chi connectivity index (χ0n) is 19.2. The van der Waals surface area contributed by atoms with Crippen LogP contribution in [0.15, 0.2) is 66.2 Å². The van der Waals surface area contributed by atoms with Gasteiger partial charge in [0.2, 0.25) is 0 Å². The molecule has 1 unspecified atom stereocenters. The summed E-state index contributed by atoms with van der Waals surface area (Å²) in [5, 5.41) is 11.6. The van der Waals surface area contributed by atoms with Gasteiger partial charge in [-0.05, 0) is 61.4 Å². The van der Waals surface area contributed by atoms with Crippen LogP contribution in [0, 0.1) is 19.7 Å². The highest BCUT2D eigenvalue weighted by Gasteiger charge is 2.48. The van der Waals surface area contributed by atoms with Gasteiger partial charge in [0, 0.05) is 5.56 Å². The standard InChI is InChI=1S/C27H21FN2O4S/c1-14-4-5-15(2)19(12-14)24(31)22-23(16-6-8-17(28)9-7-16)30(26(33)25(22)32)27-29-20-11-10-18(34-3)13-21(20)35-27/h4-13,23,31H,1-3H3. The van der Waals surface area contributed by atoms with Crippen molar-refractivity contribution in [3.8, 4) is 5.75 Å². The van der Waals surface area contributed by atoms with E-state index >= 15 is 0 Å². The Labute approximate surface area is 204 Å². The predicted octanol–water partition coefficient (Wildman–Crippen LogP) is 5.69. The third-order valence-corrected chi connectivity index (χ3v) is 7.09. The summed E-state index contributed by atoms with van der Waals surface area (Å²) in [6.45, 7) is 3.69. The molecule has 35 heavy (non-hydrogen) atoms. The first kappa shape index (κ1) is 22.7. The summed E-state index contributed by atoms with van der Waals surface area (Å²) in [4.78, 5) is 32.6. The van der Waals surface area contributed by atoms with Crippen LogP contribution in [0.2, 0.25) is 0 Å². The number of carbonyl (C=O) groups excluding carboxylic acids is 2. The van der Waals surface area contributed by atoms with Crippen molar-refractivity contribution in [1.82, 2.24) is 4.98 Å². The largest absolute Gasteiger partial charge is 0.507 e. The number of carbonyl (C=O) groups is 2. The number of Topliss-reactive ketones (excluding diaryl/α,β-unsaturated/α-hetero) is 1. The van der Waals surface area contributed by atoms with Crippen LogP contribution in [0.1, 0.15) is 28.3 Å². The number of nitrogens with zero attached hydrogens (tertiary/aromatic N) is 2. The van der Waals surface area contributed by atoms with Crippen LogP contribution in [-0.2, 0) is 9.59 Å². The number of amides is 1. The van der Waals surface area contributed by atoms with Gasteiger partial charge in [0.25, 0.3) is 5.78 Å². The number of anilines is 1.